The van der Waals surface area contributed by atoms with E-state index >= 15 is 0 Å². The maximum Gasteiger partial charge on any atom is 0.294 e. The van der Waals surface area contributed by atoms with E-state index in [9.17, 15) is 8.42 Å². The highest BCUT2D eigenvalue weighted by Crippen LogP contribution is 2.28. The van der Waals surface area contributed by atoms with Crippen LogP contribution in [-0.4, -0.2) is 19.1 Å². The van der Waals surface area contributed by atoms with Crippen LogP contribution in [0.1, 0.15) is 13.8 Å². The number of aliphatic hydroxyl groups excluding tert-OH is 1. The SMILES string of the molecule is CC1(C)OS(=O)(=O)C=C1O. The van der Waals surface area contributed by atoms with Crippen LogP contribution < -0.4 is 0 Å². The quantitative estimate of drug-likeness (QED) is 0.530. The van der Waals surface area contributed by atoms with Crippen molar-refractivity contribution in [3.63, 3.8) is 0 Å². The zero-order chi connectivity index (χ0) is 7.99. The van der Waals surface area contributed by atoms with Crippen molar-refractivity contribution < 1.29 is 17.7 Å². The molecule has 0 bridgehead atoms. The molecule has 1 N–H and O–H groups in total. The third-order valence-corrected chi connectivity index (χ3v) is 2.36. The van der Waals surface area contributed by atoms with E-state index in [4.69, 9.17) is 5.11 Å². The highest BCUT2D eigenvalue weighted by atomic mass is 32.2. The van der Waals surface area contributed by atoms with E-state index in [0.717, 1.165) is 0 Å². The van der Waals surface area contributed by atoms with Gasteiger partial charge in [0, 0.05) is 0 Å². The van der Waals surface area contributed by atoms with Gasteiger partial charge in [-0.05, 0) is 13.8 Å². The Morgan fingerprint density at radius 2 is 2.10 bits per heavy atom. The average molecular weight is 164 g/mol. The van der Waals surface area contributed by atoms with Crippen LogP contribution in [0.2, 0.25) is 0 Å². The monoisotopic (exact) mass is 164 g/mol. The second-order valence-electron chi connectivity index (χ2n) is 2.59. The minimum absolute atomic E-state index is 0.257. The van der Waals surface area contributed by atoms with Crippen LogP contribution >= 0.6 is 0 Å². The van der Waals surface area contributed by atoms with Gasteiger partial charge in [-0.3, -0.25) is 4.18 Å². The first-order valence-electron chi connectivity index (χ1n) is 2.70. The molecule has 0 amide bonds. The Balaban J connectivity index is 3.12. The third kappa shape index (κ3) is 1.15. The van der Waals surface area contributed by atoms with Gasteiger partial charge in [0.1, 0.15) is 11.4 Å². The third-order valence-electron chi connectivity index (χ3n) is 1.20. The summed E-state index contributed by atoms with van der Waals surface area (Å²) in [5.74, 6) is -0.257. The molecule has 0 atom stereocenters. The smallest absolute Gasteiger partial charge is 0.294 e. The molecule has 10 heavy (non-hydrogen) atoms. The van der Waals surface area contributed by atoms with Gasteiger partial charge in [0.05, 0.1) is 5.41 Å². The lowest BCUT2D eigenvalue weighted by atomic mass is 10.1. The highest BCUT2D eigenvalue weighted by molar-refractivity contribution is 7.90. The lowest BCUT2D eigenvalue weighted by Crippen LogP contribution is -2.22. The maximum absolute atomic E-state index is 10.6. The first kappa shape index (κ1) is 7.56. The van der Waals surface area contributed by atoms with Crippen molar-refractivity contribution in [2.24, 2.45) is 0 Å². The lowest BCUT2D eigenvalue weighted by Gasteiger charge is -2.14. The van der Waals surface area contributed by atoms with Crippen molar-refractivity contribution in [1.29, 1.82) is 0 Å². The van der Waals surface area contributed by atoms with Crippen LogP contribution in [0.15, 0.2) is 11.2 Å². The van der Waals surface area contributed by atoms with Crippen molar-refractivity contribution in [3.8, 4) is 0 Å². The van der Waals surface area contributed by atoms with E-state index in [1.54, 1.807) is 0 Å². The predicted octanol–water partition coefficient (Wildman–Crippen LogP) is 0.524. The molecule has 5 heteroatoms. The fourth-order valence-electron chi connectivity index (χ4n) is 0.636. The van der Waals surface area contributed by atoms with Gasteiger partial charge in [-0.2, -0.15) is 8.42 Å². The summed E-state index contributed by atoms with van der Waals surface area (Å²) < 4.78 is 25.7. The molecular formula is C5H8O4S. The molecule has 0 saturated heterocycles. The first-order chi connectivity index (χ1) is 4.33. The molecular weight excluding hydrogens is 156 g/mol. The Labute approximate surface area is 59.2 Å². The molecule has 1 heterocycles. The van der Waals surface area contributed by atoms with Crippen LogP contribution in [0.5, 0.6) is 0 Å². The van der Waals surface area contributed by atoms with Gasteiger partial charge in [0.25, 0.3) is 10.1 Å². The summed E-state index contributed by atoms with van der Waals surface area (Å²) in [6.07, 6.45) is 0. The van der Waals surface area contributed by atoms with E-state index in [1.807, 2.05) is 0 Å². The molecule has 0 aromatic heterocycles. The largest absolute Gasteiger partial charge is 0.508 e. The zero-order valence-corrected chi connectivity index (χ0v) is 6.47. The molecule has 1 rings (SSSR count). The van der Waals surface area contributed by atoms with Gasteiger partial charge in [-0.25, -0.2) is 0 Å². The lowest BCUT2D eigenvalue weighted by molar-refractivity contribution is 0.119. The fourth-order valence-corrected chi connectivity index (χ4v) is 1.91. The van der Waals surface area contributed by atoms with Gasteiger partial charge < -0.3 is 5.11 Å². The van der Waals surface area contributed by atoms with Gasteiger partial charge in [0.2, 0.25) is 0 Å². The van der Waals surface area contributed by atoms with Gasteiger partial charge in [0.15, 0.2) is 0 Å². The van der Waals surface area contributed by atoms with Crippen LogP contribution in [0, 0.1) is 0 Å². The molecule has 0 spiro atoms. The number of aliphatic hydroxyl groups is 1. The van der Waals surface area contributed by atoms with Crippen molar-refractivity contribution in [2.45, 2.75) is 19.4 Å². The molecule has 0 radical (unpaired) electrons. The summed E-state index contributed by atoms with van der Waals surface area (Å²) >= 11 is 0. The van der Waals surface area contributed by atoms with Crippen molar-refractivity contribution in [3.05, 3.63) is 11.2 Å². The predicted molar refractivity (Wildman–Crippen MR) is 34.8 cm³/mol. The summed E-state index contributed by atoms with van der Waals surface area (Å²) in [6.45, 7) is 2.95. The average Bonchev–Trinajstić information content (AvgIpc) is 1.73. The van der Waals surface area contributed by atoms with Crippen molar-refractivity contribution in [1.82, 2.24) is 0 Å². The Morgan fingerprint density at radius 1 is 1.60 bits per heavy atom. The summed E-state index contributed by atoms with van der Waals surface area (Å²) in [4.78, 5) is 0. The molecule has 1 aliphatic heterocycles. The molecule has 0 unspecified atom stereocenters. The molecule has 0 saturated carbocycles. The summed E-state index contributed by atoms with van der Waals surface area (Å²) in [6, 6.07) is 0. The Hall–Kier alpha value is -0.550. The van der Waals surface area contributed by atoms with Crippen molar-refractivity contribution in [2.75, 3.05) is 0 Å². The van der Waals surface area contributed by atoms with Crippen LogP contribution in [0.25, 0.3) is 0 Å². The minimum Gasteiger partial charge on any atom is -0.508 e. The second-order valence-corrected chi connectivity index (χ2v) is 3.98. The van der Waals surface area contributed by atoms with E-state index < -0.39 is 15.7 Å². The van der Waals surface area contributed by atoms with E-state index in [1.165, 1.54) is 13.8 Å². The molecule has 1 aliphatic rings. The van der Waals surface area contributed by atoms with E-state index in [-0.39, 0.29) is 5.76 Å². The molecule has 0 aliphatic carbocycles. The number of hydrogen-bond acceptors (Lipinski definition) is 4. The number of rotatable bonds is 0. The summed E-state index contributed by atoms with van der Waals surface area (Å²) in [5, 5.41) is 9.66. The molecule has 0 aromatic rings. The van der Waals surface area contributed by atoms with Gasteiger partial charge >= 0.3 is 0 Å². The first-order valence-corrected chi connectivity index (χ1v) is 4.17. The minimum atomic E-state index is -3.62. The summed E-state index contributed by atoms with van der Waals surface area (Å²) in [7, 11) is -3.62. The standard InChI is InChI=1S/C5H8O4S/c1-5(2)4(6)3-10(7,8)9-5/h3,6H,1-2H3. The van der Waals surface area contributed by atoms with Crippen LogP contribution in [-0.2, 0) is 14.3 Å². The van der Waals surface area contributed by atoms with E-state index in [2.05, 4.69) is 4.18 Å². The number of hydrogen-bond donors (Lipinski definition) is 1. The van der Waals surface area contributed by atoms with Gasteiger partial charge in [-0.1, -0.05) is 0 Å². The Kier molecular flexibility index (Phi) is 1.31. The fraction of sp³-hybridized carbons (Fsp3) is 0.600. The topological polar surface area (TPSA) is 63.6 Å². The second kappa shape index (κ2) is 1.73. The maximum atomic E-state index is 10.6. The zero-order valence-electron chi connectivity index (χ0n) is 5.66. The molecule has 58 valence electrons. The summed E-state index contributed by atoms with van der Waals surface area (Å²) in [5.41, 5.74) is -1.08. The van der Waals surface area contributed by atoms with E-state index in [0.29, 0.717) is 5.41 Å². The normalized spacial score (nSPS) is 28.0. The molecule has 0 fully saturated rings. The van der Waals surface area contributed by atoms with Gasteiger partial charge in [-0.15, -0.1) is 0 Å². The molecule has 0 aromatic carbocycles. The Bertz CT molecular complexity index is 272. The highest BCUT2D eigenvalue weighted by Gasteiger charge is 2.37. The van der Waals surface area contributed by atoms with Crippen molar-refractivity contribution >= 4 is 10.1 Å². The van der Waals surface area contributed by atoms with Crippen LogP contribution in [0.4, 0.5) is 0 Å². The molecule has 4 nitrogen and oxygen atoms in total. The Morgan fingerprint density at radius 3 is 2.20 bits per heavy atom. The van der Waals surface area contributed by atoms with Crippen LogP contribution in [0.3, 0.4) is 0 Å².